The maximum absolute atomic E-state index is 9.49. The minimum absolute atomic E-state index is 0.283. The zero-order valence-electron chi connectivity index (χ0n) is 9.26. The molecule has 0 aromatic rings. The molecule has 1 atom stereocenters. The van der Waals surface area contributed by atoms with Crippen LogP contribution < -0.4 is 0 Å². The SMILES string of the molecule is C=C(C[C@H](O)CCC)O[Si](C)(C)C. The van der Waals surface area contributed by atoms with Crippen molar-refractivity contribution in [1.82, 2.24) is 0 Å². The van der Waals surface area contributed by atoms with Gasteiger partial charge < -0.3 is 9.53 Å². The highest BCUT2D eigenvalue weighted by Gasteiger charge is 2.17. The topological polar surface area (TPSA) is 29.5 Å². The van der Waals surface area contributed by atoms with E-state index in [2.05, 4.69) is 33.1 Å². The normalized spacial score (nSPS) is 13.9. The van der Waals surface area contributed by atoms with E-state index in [1.54, 1.807) is 0 Å². The summed E-state index contributed by atoms with van der Waals surface area (Å²) in [5.41, 5.74) is 0. The summed E-state index contributed by atoms with van der Waals surface area (Å²) in [5, 5.41) is 9.49. The Morgan fingerprint density at radius 2 is 2.00 bits per heavy atom. The first kappa shape index (κ1) is 12.7. The van der Waals surface area contributed by atoms with Gasteiger partial charge in [0.1, 0.15) is 0 Å². The molecule has 0 aromatic heterocycles. The van der Waals surface area contributed by atoms with Crippen molar-refractivity contribution in [2.45, 2.75) is 51.9 Å². The zero-order chi connectivity index (χ0) is 10.5. The standard InChI is InChI=1S/C10H22O2Si/c1-6-7-10(11)8-9(2)12-13(3,4)5/h10-11H,2,6-8H2,1,3-5H3/t10-/m1/s1. The highest BCUT2D eigenvalue weighted by Crippen LogP contribution is 2.15. The van der Waals surface area contributed by atoms with E-state index in [-0.39, 0.29) is 6.10 Å². The Kier molecular flexibility index (Phi) is 5.33. The Balaban J connectivity index is 3.74. The van der Waals surface area contributed by atoms with Crippen LogP contribution in [0.2, 0.25) is 19.6 Å². The summed E-state index contributed by atoms with van der Waals surface area (Å²) in [5.74, 6) is 0.736. The second-order valence-electron chi connectivity index (χ2n) is 4.40. The third kappa shape index (κ3) is 8.06. The van der Waals surface area contributed by atoms with Crippen molar-refractivity contribution in [2.24, 2.45) is 0 Å². The van der Waals surface area contributed by atoms with Crippen LogP contribution in [0.1, 0.15) is 26.2 Å². The Hall–Kier alpha value is -0.283. The van der Waals surface area contributed by atoms with Gasteiger partial charge in [0.25, 0.3) is 0 Å². The van der Waals surface area contributed by atoms with E-state index in [1.165, 1.54) is 0 Å². The summed E-state index contributed by atoms with van der Waals surface area (Å²) in [6.07, 6.45) is 2.13. The van der Waals surface area contributed by atoms with Gasteiger partial charge in [0.15, 0.2) is 0 Å². The molecule has 0 radical (unpaired) electrons. The molecule has 0 fully saturated rings. The first-order valence-electron chi connectivity index (χ1n) is 4.90. The number of hydrogen-bond acceptors (Lipinski definition) is 2. The second kappa shape index (κ2) is 5.45. The number of aliphatic hydroxyl groups is 1. The van der Waals surface area contributed by atoms with Crippen LogP contribution in [0.4, 0.5) is 0 Å². The Morgan fingerprint density at radius 1 is 1.46 bits per heavy atom. The van der Waals surface area contributed by atoms with Gasteiger partial charge in [-0.2, -0.15) is 0 Å². The van der Waals surface area contributed by atoms with Gasteiger partial charge in [0.05, 0.1) is 11.9 Å². The smallest absolute Gasteiger partial charge is 0.241 e. The van der Waals surface area contributed by atoms with Crippen LogP contribution >= 0.6 is 0 Å². The zero-order valence-corrected chi connectivity index (χ0v) is 10.3. The largest absolute Gasteiger partial charge is 0.548 e. The lowest BCUT2D eigenvalue weighted by Gasteiger charge is -2.22. The minimum Gasteiger partial charge on any atom is -0.548 e. The fourth-order valence-electron chi connectivity index (χ4n) is 1.17. The molecule has 0 spiro atoms. The molecule has 0 rings (SSSR count). The van der Waals surface area contributed by atoms with Crippen LogP contribution in [-0.4, -0.2) is 19.5 Å². The Morgan fingerprint density at radius 3 is 2.38 bits per heavy atom. The Labute approximate surface area is 82.7 Å². The fourth-order valence-corrected chi connectivity index (χ4v) is 2.12. The number of hydrogen-bond donors (Lipinski definition) is 1. The minimum atomic E-state index is -1.52. The van der Waals surface area contributed by atoms with Gasteiger partial charge in [0.2, 0.25) is 8.32 Å². The summed E-state index contributed by atoms with van der Waals surface area (Å²) in [7, 11) is -1.52. The van der Waals surface area contributed by atoms with E-state index in [1.807, 2.05) is 0 Å². The van der Waals surface area contributed by atoms with Gasteiger partial charge in [-0.25, -0.2) is 0 Å². The van der Waals surface area contributed by atoms with Crippen molar-refractivity contribution in [3.63, 3.8) is 0 Å². The van der Waals surface area contributed by atoms with Gasteiger partial charge >= 0.3 is 0 Å². The van der Waals surface area contributed by atoms with Gasteiger partial charge in [-0.1, -0.05) is 19.9 Å². The summed E-state index contributed by atoms with van der Waals surface area (Å²) in [6.45, 7) is 12.2. The number of rotatable bonds is 6. The van der Waals surface area contributed by atoms with E-state index in [0.717, 1.165) is 18.6 Å². The quantitative estimate of drug-likeness (QED) is 0.530. The van der Waals surface area contributed by atoms with Crippen molar-refractivity contribution >= 4 is 8.32 Å². The molecule has 13 heavy (non-hydrogen) atoms. The van der Waals surface area contributed by atoms with Crippen molar-refractivity contribution in [3.05, 3.63) is 12.3 Å². The van der Waals surface area contributed by atoms with Crippen LogP contribution in [0.3, 0.4) is 0 Å². The van der Waals surface area contributed by atoms with Crippen LogP contribution in [0.5, 0.6) is 0 Å². The molecular weight excluding hydrogens is 180 g/mol. The average Bonchev–Trinajstić information content (AvgIpc) is 1.81. The van der Waals surface area contributed by atoms with Gasteiger partial charge in [-0.3, -0.25) is 0 Å². The number of aliphatic hydroxyl groups excluding tert-OH is 1. The molecular formula is C10H22O2Si. The highest BCUT2D eigenvalue weighted by atomic mass is 28.4. The predicted molar refractivity (Wildman–Crippen MR) is 59.1 cm³/mol. The second-order valence-corrected chi connectivity index (χ2v) is 8.83. The lowest BCUT2D eigenvalue weighted by molar-refractivity contribution is 0.150. The van der Waals surface area contributed by atoms with Crippen LogP contribution in [0.15, 0.2) is 12.3 Å². The van der Waals surface area contributed by atoms with Crippen molar-refractivity contribution in [3.8, 4) is 0 Å². The summed E-state index contributed by atoms with van der Waals surface area (Å²) >= 11 is 0. The molecule has 0 heterocycles. The Bertz CT molecular complexity index is 161. The lowest BCUT2D eigenvalue weighted by Crippen LogP contribution is -2.25. The first-order valence-corrected chi connectivity index (χ1v) is 8.31. The fraction of sp³-hybridized carbons (Fsp3) is 0.800. The third-order valence-corrected chi connectivity index (χ3v) is 2.44. The van der Waals surface area contributed by atoms with E-state index in [9.17, 15) is 5.11 Å². The van der Waals surface area contributed by atoms with Gasteiger partial charge in [-0.05, 0) is 26.1 Å². The molecule has 78 valence electrons. The summed E-state index contributed by atoms with van der Waals surface area (Å²) in [6, 6.07) is 0. The lowest BCUT2D eigenvalue weighted by atomic mass is 10.1. The maximum Gasteiger partial charge on any atom is 0.241 e. The van der Waals surface area contributed by atoms with Crippen LogP contribution in [-0.2, 0) is 4.43 Å². The molecule has 0 unspecified atom stereocenters. The third-order valence-electron chi connectivity index (χ3n) is 1.54. The first-order chi connectivity index (χ1) is 5.85. The van der Waals surface area contributed by atoms with Crippen molar-refractivity contribution in [1.29, 1.82) is 0 Å². The highest BCUT2D eigenvalue weighted by molar-refractivity contribution is 6.70. The summed E-state index contributed by atoms with van der Waals surface area (Å²) in [4.78, 5) is 0. The van der Waals surface area contributed by atoms with E-state index < -0.39 is 8.32 Å². The van der Waals surface area contributed by atoms with Crippen LogP contribution in [0.25, 0.3) is 0 Å². The molecule has 3 heteroatoms. The predicted octanol–water partition coefficient (Wildman–Crippen LogP) is 2.90. The molecule has 0 aliphatic heterocycles. The molecule has 0 saturated carbocycles. The molecule has 2 nitrogen and oxygen atoms in total. The molecule has 1 N–H and O–H groups in total. The molecule has 0 amide bonds. The average molecular weight is 202 g/mol. The van der Waals surface area contributed by atoms with E-state index in [0.29, 0.717) is 6.42 Å². The van der Waals surface area contributed by atoms with Gasteiger partial charge in [-0.15, -0.1) is 0 Å². The summed E-state index contributed by atoms with van der Waals surface area (Å²) < 4.78 is 5.64. The van der Waals surface area contributed by atoms with Crippen molar-refractivity contribution < 1.29 is 9.53 Å². The molecule has 0 saturated heterocycles. The van der Waals surface area contributed by atoms with E-state index in [4.69, 9.17) is 4.43 Å². The molecule has 0 aliphatic carbocycles. The monoisotopic (exact) mass is 202 g/mol. The molecule has 0 aromatic carbocycles. The van der Waals surface area contributed by atoms with Crippen molar-refractivity contribution in [2.75, 3.05) is 0 Å². The van der Waals surface area contributed by atoms with E-state index >= 15 is 0 Å². The molecule has 0 aliphatic rings. The van der Waals surface area contributed by atoms with Crippen LogP contribution in [0, 0.1) is 0 Å². The maximum atomic E-state index is 9.49. The van der Waals surface area contributed by atoms with Gasteiger partial charge in [0, 0.05) is 6.42 Å². The molecule has 0 bridgehead atoms.